The Kier molecular flexibility index (Phi) is 6.19. The van der Waals surface area contributed by atoms with Gasteiger partial charge >= 0.3 is 12.1 Å². The van der Waals surface area contributed by atoms with E-state index >= 15 is 0 Å². The molecule has 0 aromatic heterocycles. The predicted octanol–water partition coefficient (Wildman–Crippen LogP) is 2.40. The van der Waals surface area contributed by atoms with Gasteiger partial charge in [-0.25, -0.2) is 9.59 Å². The van der Waals surface area contributed by atoms with Crippen molar-refractivity contribution in [1.29, 1.82) is 0 Å². The molecular formula is C18H19NO5. The number of hydrogen-bond donors (Lipinski definition) is 2. The number of carbonyl (C=O) groups is 2. The van der Waals surface area contributed by atoms with Crippen molar-refractivity contribution in [2.24, 2.45) is 0 Å². The Morgan fingerprint density at radius 3 is 2.33 bits per heavy atom. The molecule has 6 nitrogen and oxygen atoms in total. The molecule has 0 heterocycles. The number of hydrogen-bond acceptors (Lipinski definition) is 5. The standard InChI is InChI=1S/C18H19NO5/c1-23-17(21)16(11-13-7-9-15(20)10-8-13)19-18(22)24-12-14-5-3-2-4-6-14/h2-10,16,20H,11-12H2,1H3,(H,19,22). The van der Waals surface area contributed by atoms with Crippen molar-refractivity contribution in [3.05, 3.63) is 65.7 Å². The van der Waals surface area contributed by atoms with Crippen LogP contribution >= 0.6 is 0 Å². The summed E-state index contributed by atoms with van der Waals surface area (Å²) in [6.45, 7) is 0.111. The van der Waals surface area contributed by atoms with Gasteiger partial charge < -0.3 is 19.9 Å². The van der Waals surface area contributed by atoms with Gasteiger partial charge in [-0.15, -0.1) is 0 Å². The van der Waals surface area contributed by atoms with E-state index in [9.17, 15) is 14.7 Å². The zero-order valence-electron chi connectivity index (χ0n) is 13.3. The lowest BCUT2D eigenvalue weighted by Crippen LogP contribution is -2.43. The average molecular weight is 329 g/mol. The van der Waals surface area contributed by atoms with Crippen molar-refractivity contribution < 1.29 is 24.2 Å². The maximum atomic E-state index is 11.9. The second kappa shape index (κ2) is 8.57. The van der Waals surface area contributed by atoms with E-state index in [4.69, 9.17) is 9.47 Å². The molecule has 24 heavy (non-hydrogen) atoms. The minimum atomic E-state index is -0.872. The van der Waals surface area contributed by atoms with Crippen LogP contribution in [-0.2, 0) is 27.3 Å². The number of methoxy groups -OCH3 is 1. The number of phenolic OH excluding ortho intramolecular Hbond substituents is 1. The quantitative estimate of drug-likeness (QED) is 0.795. The first-order valence-electron chi connectivity index (χ1n) is 7.41. The summed E-state index contributed by atoms with van der Waals surface area (Å²) in [6, 6.07) is 14.7. The minimum absolute atomic E-state index is 0.111. The smallest absolute Gasteiger partial charge is 0.408 e. The van der Waals surface area contributed by atoms with Crippen LogP contribution in [0.4, 0.5) is 4.79 Å². The lowest BCUT2D eigenvalue weighted by atomic mass is 10.1. The topological polar surface area (TPSA) is 84.9 Å². The third kappa shape index (κ3) is 5.31. The summed E-state index contributed by atoms with van der Waals surface area (Å²) in [6.07, 6.45) is -0.471. The van der Waals surface area contributed by atoms with Crippen LogP contribution in [0.3, 0.4) is 0 Å². The largest absolute Gasteiger partial charge is 0.508 e. The first-order valence-corrected chi connectivity index (χ1v) is 7.41. The number of alkyl carbamates (subject to hydrolysis) is 1. The molecule has 2 N–H and O–H groups in total. The van der Waals surface area contributed by atoms with E-state index in [2.05, 4.69) is 5.32 Å². The molecule has 1 amide bonds. The van der Waals surface area contributed by atoms with Gasteiger partial charge in [-0.3, -0.25) is 0 Å². The van der Waals surface area contributed by atoms with Gasteiger partial charge in [0.25, 0.3) is 0 Å². The summed E-state index contributed by atoms with van der Waals surface area (Å²) in [5.74, 6) is -0.441. The minimum Gasteiger partial charge on any atom is -0.508 e. The van der Waals surface area contributed by atoms with E-state index in [1.165, 1.54) is 19.2 Å². The first-order chi connectivity index (χ1) is 11.6. The summed E-state index contributed by atoms with van der Waals surface area (Å²) in [5, 5.41) is 11.8. The van der Waals surface area contributed by atoms with Gasteiger partial charge in [0, 0.05) is 6.42 Å². The average Bonchev–Trinajstić information content (AvgIpc) is 2.61. The monoisotopic (exact) mass is 329 g/mol. The number of rotatable bonds is 6. The fraction of sp³-hybridized carbons (Fsp3) is 0.222. The Bertz CT molecular complexity index is 670. The third-order valence-corrected chi connectivity index (χ3v) is 3.37. The van der Waals surface area contributed by atoms with Crippen molar-refractivity contribution in [1.82, 2.24) is 5.32 Å². The SMILES string of the molecule is COC(=O)C(Cc1ccc(O)cc1)NC(=O)OCc1ccccc1. The normalized spacial score (nSPS) is 11.4. The van der Waals surface area contributed by atoms with Crippen molar-refractivity contribution in [2.45, 2.75) is 19.1 Å². The molecule has 1 unspecified atom stereocenters. The fourth-order valence-corrected chi connectivity index (χ4v) is 2.11. The van der Waals surface area contributed by atoms with Crippen LogP contribution < -0.4 is 5.32 Å². The van der Waals surface area contributed by atoms with Crippen molar-refractivity contribution >= 4 is 12.1 Å². The van der Waals surface area contributed by atoms with Crippen LogP contribution in [0.1, 0.15) is 11.1 Å². The maximum absolute atomic E-state index is 11.9. The van der Waals surface area contributed by atoms with Crippen LogP contribution in [0.15, 0.2) is 54.6 Å². The van der Waals surface area contributed by atoms with E-state index in [1.54, 1.807) is 12.1 Å². The third-order valence-electron chi connectivity index (χ3n) is 3.37. The number of esters is 1. The lowest BCUT2D eigenvalue weighted by Gasteiger charge is -2.16. The second-order valence-electron chi connectivity index (χ2n) is 5.15. The van der Waals surface area contributed by atoms with Crippen LogP contribution in [0.25, 0.3) is 0 Å². The highest BCUT2D eigenvalue weighted by molar-refractivity contribution is 5.81. The second-order valence-corrected chi connectivity index (χ2v) is 5.15. The summed E-state index contributed by atoms with van der Waals surface area (Å²) >= 11 is 0. The fourth-order valence-electron chi connectivity index (χ4n) is 2.11. The zero-order valence-corrected chi connectivity index (χ0v) is 13.3. The highest BCUT2D eigenvalue weighted by Crippen LogP contribution is 2.12. The van der Waals surface area contributed by atoms with Crippen molar-refractivity contribution in [3.63, 3.8) is 0 Å². The Morgan fingerprint density at radius 2 is 1.71 bits per heavy atom. The van der Waals surface area contributed by atoms with Gasteiger partial charge in [0.05, 0.1) is 7.11 Å². The summed E-state index contributed by atoms with van der Waals surface area (Å²) in [4.78, 5) is 23.8. The van der Waals surface area contributed by atoms with Crippen LogP contribution in [-0.4, -0.2) is 30.3 Å². The van der Waals surface area contributed by atoms with Crippen molar-refractivity contribution in [3.8, 4) is 5.75 Å². The van der Waals surface area contributed by atoms with Crippen LogP contribution in [0.2, 0.25) is 0 Å². The van der Waals surface area contributed by atoms with Gasteiger partial charge in [0.15, 0.2) is 0 Å². The lowest BCUT2D eigenvalue weighted by molar-refractivity contribution is -0.143. The molecule has 0 fully saturated rings. The molecule has 2 aromatic rings. The van der Waals surface area contributed by atoms with E-state index in [1.807, 2.05) is 30.3 Å². The van der Waals surface area contributed by atoms with Crippen molar-refractivity contribution in [2.75, 3.05) is 7.11 Å². The number of amides is 1. The van der Waals surface area contributed by atoms with Crippen LogP contribution in [0, 0.1) is 0 Å². The van der Waals surface area contributed by atoms with Gasteiger partial charge in [0.1, 0.15) is 18.4 Å². The highest BCUT2D eigenvalue weighted by atomic mass is 16.6. The van der Waals surface area contributed by atoms with Crippen LogP contribution in [0.5, 0.6) is 5.75 Å². The highest BCUT2D eigenvalue weighted by Gasteiger charge is 2.22. The molecular weight excluding hydrogens is 310 g/mol. The molecule has 6 heteroatoms. The van der Waals surface area contributed by atoms with Gasteiger partial charge in [0.2, 0.25) is 0 Å². The molecule has 0 saturated carbocycles. The molecule has 126 valence electrons. The summed E-state index contributed by atoms with van der Waals surface area (Å²) < 4.78 is 9.83. The molecule has 0 aliphatic rings. The number of ether oxygens (including phenoxy) is 2. The Labute approximate surface area is 140 Å². The predicted molar refractivity (Wildman–Crippen MR) is 87.4 cm³/mol. The maximum Gasteiger partial charge on any atom is 0.408 e. The van der Waals surface area contributed by atoms with E-state index < -0.39 is 18.1 Å². The molecule has 0 spiro atoms. The van der Waals surface area contributed by atoms with Gasteiger partial charge in [-0.1, -0.05) is 42.5 Å². The zero-order chi connectivity index (χ0) is 17.4. The molecule has 1 atom stereocenters. The van der Waals surface area contributed by atoms with Gasteiger partial charge in [-0.05, 0) is 23.3 Å². The Balaban J connectivity index is 1.93. The number of phenols is 1. The molecule has 2 rings (SSSR count). The van der Waals surface area contributed by atoms with E-state index in [-0.39, 0.29) is 18.8 Å². The Hall–Kier alpha value is -3.02. The van der Waals surface area contributed by atoms with E-state index in [0.29, 0.717) is 0 Å². The number of carbonyl (C=O) groups excluding carboxylic acids is 2. The van der Waals surface area contributed by atoms with E-state index in [0.717, 1.165) is 11.1 Å². The number of benzene rings is 2. The summed E-state index contributed by atoms with van der Waals surface area (Å²) in [5.41, 5.74) is 1.62. The molecule has 0 aliphatic heterocycles. The molecule has 0 saturated heterocycles. The molecule has 0 aliphatic carbocycles. The van der Waals surface area contributed by atoms with Gasteiger partial charge in [-0.2, -0.15) is 0 Å². The molecule has 2 aromatic carbocycles. The first kappa shape index (κ1) is 17.3. The number of aromatic hydroxyl groups is 1. The molecule has 0 bridgehead atoms. The Morgan fingerprint density at radius 1 is 1.04 bits per heavy atom. The number of nitrogens with one attached hydrogen (secondary N) is 1. The molecule has 0 radical (unpaired) electrons. The summed E-state index contributed by atoms with van der Waals surface area (Å²) in [7, 11) is 1.25.